The highest BCUT2D eigenvalue weighted by molar-refractivity contribution is 6.04. The molecule has 0 fully saturated rings. The maximum Gasteiger partial charge on any atom is 0.255 e. The van der Waals surface area contributed by atoms with E-state index in [0.29, 0.717) is 24.4 Å². The van der Waals surface area contributed by atoms with Gasteiger partial charge in [0.25, 0.3) is 5.91 Å². The van der Waals surface area contributed by atoms with Crippen molar-refractivity contribution in [3.8, 4) is 11.5 Å². The van der Waals surface area contributed by atoms with Crippen LogP contribution in [0.15, 0.2) is 36.4 Å². The summed E-state index contributed by atoms with van der Waals surface area (Å²) in [5.74, 6) is 1.38. The topological polar surface area (TPSA) is 73.6 Å². The van der Waals surface area contributed by atoms with Gasteiger partial charge < -0.3 is 20.5 Å². The molecular weight excluding hydrogens is 292 g/mol. The van der Waals surface area contributed by atoms with Crippen molar-refractivity contribution in [3.63, 3.8) is 0 Å². The second-order valence-corrected chi connectivity index (χ2v) is 5.26. The first kappa shape index (κ1) is 16.8. The molecule has 0 radical (unpaired) electrons. The van der Waals surface area contributed by atoms with Crippen LogP contribution in [0.4, 0.5) is 5.69 Å². The highest BCUT2D eigenvalue weighted by Gasteiger charge is 2.11. The van der Waals surface area contributed by atoms with Gasteiger partial charge in [-0.15, -0.1) is 0 Å². The van der Waals surface area contributed by atoms with E-state index in [9.17, 15) is 4.79 Å². The monoisotopic (exact) mass is 314 g/mol. The summed E-state index contributed by atoms with van der Waals surface area (Å²) in [5.41, 5.74) is 8.57. The van der Waals surface area contributed by atoms with E-state index >= 15 is 0 Å². The summed E-state index contributed by atoms with van der Waals surface area (Å²) in [6.07, 6.45) is 0. The number of carbonyl (C=O) groups is 1. The number of hydrogen-bond donors (Lipinski definition) is 2. The molecule has 0 aliphatic heterocycles. The van der Waals surface area contributed by atoms with Crippen molar-refractivity contribution in [1.82, 2.24) is 0 Å². The minimum Gasteiger partial charge on any atom is -0.496 e. The highest BCUT2D eigenvalue weighted by atomic mass is 16.5. The van der Waals surface area contributed by atoms with Crippen molar-refractivity contribution >= 4 is 11.6 Å². The number of ether oxygens (including phenoxy) is 2. The van der Waals surface area contributed by atoms with E-state index in [2.05, 4.69) is 5.32 Å². The van der Waals surface area contributed by atoms with Gasteiger partial charge in [-0.2, -0.15) is 0 Å². The molecule has 0 unspecified atom stereocenters. The van der Waals surface area contributed by atoms with Gasteiger partial charge in [0.15, 0.2) is 0 Å². The maximum atomic E-state index is 12.4. The number of hydrogen-bond acceptors (Lipinski definition) is 4. The molecule has 23 heavy (non-hydrogen) atoms. The largest absolute Gasteiger partial charge is 0.496 e. The predicted molar refractivity (Wildman–Crippen MR) is 91.4 cm³/mol. The van der Waals surface area contributed by atoms with E-state index in [1.807, 2.05) is 26.0 Å². The first-order valence-corrected chi connectivity index (χ1v) is 7.44. The summed E-state index contributed by atoms with van der Waals surface area (Å²) < 4.78 is 10.7. The number of nitrogens with one attached hydrogen (secondary N) is 1. The van der Waals surface area contributed by atoms with Gasteiger partial charge in [0.2, 0.25) is 0 Å². The molecule has 0 aromatic heterocycles. The number of carbonyl (C=O) groups excluding carboxylic acids is 1. The van der Waals surface area contributed by atoms with Gasteiger partial charge in [-0.1, -0.05) is 0 Å². The second-order valence-electron chi connectivity index (χ2n) is 5.26. The number of nitrogens with two attached hydrogens (primary N) is 1. The lowest BCUT2D eigenvalue weighted by Gasteiger charge is -2.12. The molecule has 0 aliphatic rings. The molecule has 122 valence electrons. The highest BCUT2D eigenvalue weighted by Crippen LogP contribution is 2.25. The molecule has 0 atom stereocenters. The van der Waals surface area contributed by atoms with Crippen molar-refractivity contribution in [2.75, 3.05) is 25.6 Å². The summed E-state index contributed by atoms with van der Waals surface area (Å²) in [6.45, 7) is 4.78. The second kappa shape index (κ2) is 7.65. The molecular formula is C18H22N2O3. The first-order valence-electron chi connectivity index (χ1n) is 7.44. The maximum absolute atomic E-state index is 12.4. The lowest BCUT2D eigenvalue weighted by Crippen LogP contribution is -2.13. The molecule has 0 saturated heterocycles. The van der Waals surface area contributed by atoms with Crippen molar-refractivity contribution < 1.29 is 14.3 Å². The van der Waals surface area contributed by atoms with Gasteiger partial charge in [0.1, 0.15) is 18.1 Å². The summed E-state index contributed by atoms with van der Waals surface area (Å²) in [7, 11) is 1.63. The molecule has 3 N–H and O–H groups in total. The lowest BCUT2D eigenvalue weighted by atomic mass is 10.0. The van der Waals surface area contributed by atoms with Gasteiger partial charge in [0.05, 0.1) is 7.11 Å². The Balaban J connectivity index is 2.10. The van der Waals surface area contributed by atoms with Gasteiger partial charge in [0, 0.05) is 17.8 Å². The molecule has 2 aromatic carbocycles. The third-order valence-electron chi connectivity index (χ3n) is 3.43. The Morgan fingerprint density at radius 1 is 1.13 bits per heavy atom. The smallest absolute Gasteiger partial charge is 0.255 e. The third kappa shape index (κ3) is 4.23. The Kier molecular flexibility index (Phi) is 5.60. The fourth-order valence-electron chi connectivity index (χ4n) is 2.42. The van der Waals surface area contributed by atoms with Crippen LogP contribution in [0.25, 0.3) is 0 Å². The van der Waals surface area contributed by atoms with Crippen LogP contribution in [0.3, 0.4) is 0 Å². The van der Waals surface area contributed by atoms with Crippen LogP contribution in [-0.4, -0.2) is 26.2 Å². The minimum absolute atomic E-state index is 0.158. The number of benzene rings is 2. The zero-order valence-corrected chi connectivity index (χ0v) is 13.7. The van der Waals surface area contributed by atoms with E-state index in [0.717, 1.165) is 22.6 Å². The quantitative estimate of drug-likeness (QED) is 0.860. The van der Waals surface area contributed by atoms with Gasteiger partial charge in [-0.05, 0) is 61.4 Å². The predicted octanol–water partition coefficient (Wildman–Crippen LogP) is 2.90. The number of amides is 1. The first-order chi connectivity index (χ1) is 11.0. The Hall–Kier alpha value is -2.53. The van der Waals surface area contributed by atoms with Crippen LogP contribution in [0.1, 0.15) is 21.5 Å². The average molecular weight is 314 g/mol. The average Bonchev–Trinajstić information content (AvgIpc) is 2.54. The van der Waals surface area contributed by atoms with Crippen LogP contribution in [0.5, 0.6) is 11.5 Å². The van der Waals surface area contributed by atoms with Gasteiger partial charge in [-0.3, -0.25) is 4.79 Å². The summed E-state index contributed by atoms with van der Waals surface area (Å²) in [6, 6.07) is 10.8. The van der Waals surface area contributed by atoms with E-state index < -0.39 is 0 Å². The fraction of sp³-hybridized carbons (Fsp3) is 0.278. The van der Waals surface area contributed by atoms with Crippen molar-refractivity contribution in [3.05, 3.63) is 53.1 Å². The van der Waals surface area contributed by atoms with Crippen LogP contribution < -0.4 is 20.5 Å². The normalized spacial score (nSPS) is 10.3. The Labute approximate surface area is 136 Å². The van der Waals surface area contributed by atoms with Crippen molar-refractivity contribution in [2.45, 2.75) is 13.8 Å². The SMILES string of the molecule is COc1c(C)cc(C(=O)Nc2ccc(OCCN)cc2)cc1C. The number of rotatable bonds is 6. The van der Waals surface area contributed by atoms with E-state index in [1.165, 1.54) is 0 Å². The van der Waals surface area contributed by atoms with Crippen molar-refractivity contribution in [2.24, 2.45) is 5.73 Å². The number of aryl methyl sites for hydroxylation is 2. The van der Waals surface area contributed by atoms with Gasteiger partial charge >= 0.3 is 0 Å². The molecule has 0 spiro atoms. The molecule has 0 saturated carbocycles. The number of methoxy groups -OCH3 is 1. The number of anilines is 1. The molecule has 0 heterocycles. The summed E-state index contributed by atoms with van der Waals surface area (Å²) >= 11 is 0. The molecule has 1 amide bonds. The summed E-state index contributed by atoms with van der Waals surface area (Å²) in [4.78, 5) is 12.4. The van der Waals surface area contributed by atoms with Crippen LogP contribution in [0.2, 0.25) is 0 Å². The van der Waals surface area contributed by atoms with Gasteiger partial charge in [-0.25, -0.2) is 0 Å². The van der Waals surface area contributed by atoms with E-state index in [4.69, 9.17) is 15.2 Å². The molecule has 0 bridgehead atoms. The molecule has 2 rings (SSSR count). The van der Waals surface area contributed by atoms with Crippen LogP contribution in [0, 0.1) is 13.8 Å². The Morgan fingerprint density at radius 3 is 2.26 bits per heavy atom. The van der Waals surface area contributed by atoms with Crippen LogP contribution in [-0.2, 0) is 0 Å². The zero-order chi connectivity index (χ0) is 16.8. The lowest BCUT2D eigenvalue weighted by molar-refractivity contribution is 0.102. The third-order valence-corrected chi connectivity index (χ3v) is 3.43. The zero-order valence-electron chi connectivity index (χ0n) is 13.7. The molecule has 5 heteroatoms. The van der Waals surface area contributed by atoms with E-state index in [-0.39, 0.29) is 5.91 Å². The van der Waals surface area contributed by atoms with Crippen molar-refractivity contribution in [1.29, 1.82) is 0 Å². The molecule has 0 aliphatic carbocycles. The standard InChI is InChI=1S/C18H22N2O3/c1-12-10-14(11-13(2)17(12)22-3)18(21)20-15-4-6-16(7-5-15)23-9-8-19/h4-7,10-11H,8-9,19H2,1-3H3,(H,20,21). The summed E-state index contributed by atoms with van der Waals surface area (Å²) in [5, 5.41) is 2.87. The minimum atomic E-state index is -0.158. The Morgan fingerprint density at radius 2 is 1.74 bits per heavy atom. The fourth-order valence-corrected chi connectivity index (χ4v) is 2.42. The Bertz CT molecular complexity index is 658. The molecule has 2 aromatic rings. The van der Waals surface area contributed by atoms with E-state index in [1.54, 1.807) is 31.4 Å². The molecule has 5 nitrogen and oxygen atoms in total. The van der Waals surface area contributed by atoms with Crippen LogP contribution >= 0.6 is 0 Å².